The number of sulfonamides is 1. The fourth-order valence-electron chi connectivity index (χ4n) is 3.37. The summed E-state index contributed by atoms with van der Waals surface area (Å²) in [5.74, 6) is -1.06. The van der Waals surface area contributed by atoms with Gasteiger partial charge >= 0.3 is 5.97 Å². The topological polar surface area (TPSA) is 84.0 Å². The van der Waals surface area contributed by atoms with Crippen LogP contribution in [0.5, 0.6) is 0 Å². The molecule has 0 spiro atoms. The quantitative estimate of drug-likeness (QED) is 0.699. The summed E-state index contributed by atoms with van der Waals surface area (Å²) in [5, 5.41) is 0. The molecule has 2 aromatic carbocycles. The standard InChI is InChI=1S/C21H24N2O5S/c1-14-12-16-8-5-6-11-19(16)23(14)20(24)15(2)28-21(25)17-9-7-10-18(13-17)29(26,27)22(3)4/h5-11,13-15H,12H2,1-4H3/t14-,15+/m1/s1. The Morgan fingerprint density at radius 3 is 2.52 bits per heavy atom. The van der Waals surface area contributed by atoms with Gasteiger partial charge in [-0.3, -0.25) is 4.79 Å². The van der Waals surface area contributed by atoms with Crippen molar-refractivity contribution in [2.75, 3.05) is 19.0 Å². The zero-order valence-corrected chi connectivity index (χ0v) is 17.6. The fraction of sp³-hybridized carbons (Fsp3) is 0.333. The number of rotatable bonds is 5. The predicted octanol–water partition coefficient (Wildman–Crippen LogP) is 2.46. The van der Waals surface area contributed by atoms with E-state index in [1.54, 1.807) is 4.90 Å². The van der Waals surface area contributed by atoms with Crippen molar-refractivity contribution >= 4 is 27.6 Å². The summed E-state index contributed by atoms with van der Waals surface area (Å²) in [6.45, 7) is 3.47. The third-order valence-electron chi connectivity index (χ3n) is 4.92. The number of amides is 1. The Morgan fingerprint density at radius 1 is 1.14 bits per heavy atom. The normalized spacial score (nSPS) is 17.1. The molecule has 3 rings (SSSR count). The number of hydrogen-bond acceptors (Lipinski definition) is 5. The third-order valence-corrected chi connectivity index (χ3v) is 6.74. The van der Waals surface area contributed by atoms with Gasteiger partial charge in [0.15, 0.2) is 6.10 Å². The first kappa shape index (κ1) is 21.0. The van der Waals surface area contributed by atoms with Gasteiger partial charge in [0.2, 0.25) is 10.0 Å². The second-order valence-electron chi connectivity index (χ2n) is 7.25. The molecule has 0 radical (unpaired) electrons. The van der Waals surface area contributed by atoms with Crippen LogP contribution in [-0.4, -0.2) is 50.8 Å². The molecule has 1 aliphatic rings. The van der Waals surface area contributed by atoms with Crippen LogP contribution in [0.3, 0.4) is 0 Å². The van der Waals surface area contributed by atoms with E-state index in [1.165, 1.54) is 45.3 Å². The van der Waals surface area contributed by atoms with Gasteiger partial charge < -0.3 is 9.64 Å². The lowest BCUT2D eigenvalue weighted by Crippen LogP contribution is -2.43. The molecule has 0 saturated carbocycles. The highest BCUT2D eigenvalue weighted by molar-refractivity contribution is 7.89. The number of hydrogen-bond donors (Lipinski definition) is 0. The zero-order chi connectivity index (χ0) is 21.3. The van der Waals surface area contributed by atoms with Crippen molar-refractivity contribution in [2.24, 2.45) is 0 Å². The third kappa shape index (κ3) is 4.04. The number of para-hydroxylation sites is 1. The lowest BCUT2D eigenvalue weighted by atomic mass is 10.1. The molecule has 0 aliphatic carbocycles. The maximum atomic E-state index is 12.9. The van der Waals surface area contributed by atoms with E-state index in [-0.39, 0.29) is 22.4 Å². The van der Waals surface area contributed by atoms with Gasteiger partial charge in [-0.1, -0.05) is 24.3 Å². The van der Waals surface area contributed by atoms with Gasteiger partial charge in [0.25, 0.3) is 5.91 Å². The molecule has 1 heterocycles. The fourth-order valence-corrected chi connectivity index (χ4v) is 4.32. The van der Waals surface area contributed by atoms with Gasteiger partial charge in [-0.05, 0) is 50.1 Å². The molecular formula is C21H24N2O5S. The largest absolute Gasteiger partial charge is 0.449 e. The van der Waals surface area contributed by atoms with Crippen molar-refractivity contribution in [3.63, 3.8) is 0 Å². The summed E-state index contributed by atoms with van der Waals surface area (Å²) in [5.41, 5.74) is 1.97. The highest BCUT2D eigenvalue weighted by atomic mass is 32.2. The molecule has 0 aromatic heterocycles. The van der Waals surface area contributed by atoms with Gasteiger partial charge in [0, 0.05) is 25.8 Å². The zero-order valence-electron chi connectivity index (χ0n) is 16.8. The monoisotopic (exact) mass is 416 g/mol. The molecule has 0 saturated heterocycles. The summed E-state index contributed by atoms with van der Waals surface area (Å²) < 4.78 is 31.0. The molecule has 0 N–H and O–H groups in total. The van der Waals surface area contributed by atoms with Gasteiger partial charge in [-0.25, -0.2) is 17.5 Å². The maximum Gasteiger partial charge on any atom is 0.338 e. The number of ether oxygens (including phenoxy) is 1. The number of nitrogens with zero attached hydrogens (tertiary/aromatic N) is 2. The maximum absolute atomic E-state index is 12.9. The molecule has 2 aromatic rings. The van der Waals surface area contributed by atoms with Crippen LogP contribution in [0.15, 0.2) is 53.4 Å². The highest BCUT2D eigenvalue weighted by Crippen LogP contribution is 2.32. The predicted molar refractivity (Wildman–Crippen MR) is 109 cm³/mol. The van der Waals surface area contributed by atoms with Gasteiger partial charge in [-0.2, -0.15) is 0 Å². The van der Waals surface area contributed by atoms with E-state index in [4.69, 9.17) is 4.74 Å². The van der Waals surface area contributed by atoms with E-state index in [9.17, 15) is 18.0 Å². The molecule has 0 unspecified atom stereocenters. The molecule has 1 amide bonds. The van der Waals surface area contributed by atoms with Gasteiger partial charge in [0.05, 0.1) is 10.5 Å². The number of fused-ring (bicyclic) bond motifs is 1. The van der Waals surface area contributed by atoms with Crippen molar-refractivity contribution in [2.45, 2.75) is 37.3 Å². The average molecular weight is 416 g/mol. The summed E-state index contributed by atoms with van der Waals surface area (Å²) in [6, 6.07) is 13.2. The van der Waals surface area contributed by atoms with Crippen molar-refractivity contribution in [3.8, 4) is 0 Å². The summed E-state index contributed by atoms with van der Waals surface area (Å²) in [4.78, 5) is 27.1. The number of carbonyl (C=O) groups is 2. The molecule has 0 fully saturated rings. The van der Waals surface area contributed by atoms with Crippen LogP contribution in [0.1, 0.15) is 29.8 Å². The van der Waals surface area contributed by atoms with Crippen LogP contribution < -0.4 is 4.90 Å². The minimum absolute atomic E-state index is 0.0157. The van der Waals surface area contributed by atoms with Crippen LogP contribution in [0.4, 0.5) is 5.69 Å². The van der Waals surface area contributed by atoms with Crippen LogP contribution in [-0.2, 0) is 26.0 Å². The Labute approximate surface area is 170 Å². The van der Waals surface area contributed by atoms with Crippen LogP contribution >= 0.6 is 0 Å². The Morgan fingerprint density at radius 2 is 1.83 bits per heavy atom. The van der Waals surface area contributed by atoms with E-state index in [2.05, 4.69) is 0 Å². The number of benzene rings is 2. The Kier molecular flexibility index (Phi) is 5.77. The van der Waals surface area contributed by atoms with E-state index in [0.29, 0.717) is 0 Å². The summed E-state index contributed by atoms with van der Waals surface area (Å²) in [6.07, 6.45) is -0.266. The van der Waals surface area contributed by atoms with Crippen molar-refractivity contribution < 1.29 is 22.7 Å². The van der Waals surface area contributed by atoms with Crippen molar-refractivity contribution in [1.82, 2.24) is 4.31 Å². The molecular weight excluding hydrogens is 392 g/mol. The average Bonchev–Trinajstić information content (AvgIpc) is 3.02. The Balaban J connectivity index is 1.77. The first-order chi connectivity index (χ1) is 13.6. The van der Waals surface area contributed by atoms with E-state index in [0.717, 1.165) is 22.0 Å². The van der Waals surface area contributed by atoms with Gasteiger partial charge in [-0.15, -0.1) is 0 Å². The smallest absolute Gasteiger partial charge is 0.338 e. The minimum Gasteiger partial charge on any atom is -0.449 e. The lowest BCUT2D eigenvalue weighted by molar-refractivity contribution is -0.126. The number of esters is 1. The molecule has 1 aliphatic heterocycles. The number of anilines is 1. The summed E-state index contributed by atoms with van der Waals surface area (Å²) >= 11 is 0. The first-order valence-electron chi connectivity index (χ1n) is 9.27. The Hall–Kier alpha value is -2.71. The number of carbonyl (C=O) groups excluding carboxylic acids is 2. The molecule has 29 heavy (non-hydrogen) atoms. The molecule has 0 bridgehead atoms. The molecule has 7 nitrogen and oxygen atoms in total. The van der Waals surface area contributed by atoms with Crippen LogP contribution in [0, 0.1) is 0 Å². The lowest BCUT2D eigenvalue weighted by Gasteiger charge is -2.26. The minimum atomic E-state index is -3.68. The van der Waals surface area contributed by atoms with Crippen molar-refractivity contribution in [3.05, 3.63) is 59.7 Å². The molecule has 154 valence electrons. The summed E-state index contributed by atoms with van der Waals surface area (Å²) in [7, 11) is -0.856. The molecule has 2 atom stereocenters. The van der Waals surface area contributed by atoms with Crippen LogP contribution in [0.25, 0.3) is 0 Å². The van der Waals surface area contributed by atoms with E-state index < -0.39 is 22.1 Å². The second kappa shape index (κ2) is 7.96. The van der Waals surface area contributed by atoms with Crippen LogP contribution in [0.2, 0.25) is 0 Å². The van der Waals surface area contributed by atoms with E-state index >= 15 is 0 Å². The molecule has 8 heteroatoms. The second-order valence-corrected chi connectivity index (χ2v) is 9.40. The first-order valence-corrected chi connectivity index (χ1v) is 10.7. The van der Waals surface area contributed by atoms with Gasteiger partial charge in [0.1, 0.15) is 0 Å². The Bertz CT molecular complexity index is 1050. The van der Waals surface area contributed by atoms with E-state index in [1.807, 2.05) is 31.2 Å². The SMILES string of the molecule is C[C@H](OC(=O)c1cccc(S(=O)(=O)N(C)C)c1)C(=O)N1c2ccccc2C[C@H]1C. The van der Waals surface area contributed by atoms with Crippen molar-refractivity contribution in [1.29, 1.82) is 0 Å². The highest BCUT2D eigenvalue weighted by Gasteiger charge is 2.34.